The van der Waals surface area contributed by atoms with E-state index in [2.05, 4.69) is 25.4 Å². The number of benzene rings is 1. The van der Waals surface area contributed by atoms with Gasteiger partial charge in [0.1, 0.15) is 40.6 Å². The Bertz CT molecular complexity index is 1220. The van der Waals surface area contributed by atoms with Gasteiger partial charge in [0.2, 0.25) is 0 Å². The number of thiazole rings is 1. The molecular formula is C21H18F2N6O2S. The molecule has 3 heterocycles. The average Bonchev–Trinajstić information content (AvgIpc) is 3.46. The van der Waals surface area contributed by atoms with Crippen molar-refractivity contribution in [3.05, 3.63) is 83.7 Å². The molecule has 2 atom stereocenters. The zero-order valence-electron chi connectivity index (χ0n) is 16.8. The van der Waals surface area contributed by atoms with Crippen LogP contribution in [-0.4, -0.2) is 41.8 Å². The number of aromatic nitrogens is 5. The third-order valence-corrected chi connectivity index (χ3v) is 5.87. The van der Waals surface area contributed by atoms with Crippen LogP contribution in [0.4, 0.5) is 8.78 Å². The molecule has 0 aliphatic heterocycles. The zero-order valence-corrected chi connectivity index (χ0v) is 17.6. The van der Waals surface area contributed by atoms with Crippen LogP contribution < -0.4 is 5.32 Å². The second-order valence-electron chi connectivity index (χ2n) is 7.12. The normalized spacial score (nSPS) is 14.0. The van der Waals surface area contributed by atoms with E-state index in [-0.39, 0.29) is 17.8 Å². The molecule has 164 valence electrons. The number of hydrogen-bond donors (Lipinski definition) is 2. The minimum absolute atomic E-state index is 0.142. The monoisotopic (exact) mass is 456 g/mol. The molecule has 0 saturated heterocycles. The summed E-state index contributed by atoms with van der Waals surface area (Å²) in [7, 11) is 0. The molecule has 0 fully saturated rings. The molecule has 2 N–H and O–H groups in total. The summed E-state index contributed by atoms with van der Waals surface area (Å²) < 4.78 is 29.4. The fraction of sp³-hybridized carbons (Fsp3) is 0.190. The Hall–Kier alpha value is -3.57. The lowest BCUT2D eigenvalue weighted by molar-refractivity contribution is -0.0186. The van der Waals surface area contributed by atoms with Gasteiger partial charge in [-0.25, -0.2) is 23.4 Å². The van der Waals surface area contributed by atoms with Crippen LogP contribution in [0.1, 0.15) is 23.0 Å². The molecule has 1 aromatic carbocycles. The number of carbonyl (C=O) groups excluding carboxylic acids is 1. The van der Waals surface area contributed by atoms with Crippen molar-refractivity contribution in [2.75, 3.05) is 0 Å². The van der Waals surface area contributed by atoms with Crippen LogP contribution in [0.15, 0.2) is 60.8 Å². The molecule has 0 spiro atoms. The highest BCUT2D eigenvalue weighted by molar-refractivity contribution is 7.13. The Morgan fingerprint density at radius 3 is 2.84 bits per heavy atom. The van der Waals surface area contributed by atoms with E-state index in [9.17, 15) is 18.7 Å². The summed E-state index contributed by atoms with van der Waals surface area (Å²) in [6, 6.07) is 5.46. The molecule has 3 aromatic heterocycles. The largest absolute Gasteiger partial charge is 0.381 e. The van der Waals surface area contributed by atoms with E-state index in [0.717, 1.165) is 17.7 Å². The van der Waals surface area contributed by atoms with E-state index >= 15 is 0 Å². The van der Waals surface area contributed by atoms with Crippen LogP contribution in [0.5, 0.6) is 0 Å². The van der Waals surface area contributed by atoms with Crippen molar-refractivity contribution >= 4 is 17.2 Å². The van der Waals surface area contributed by atoms with Crippen LogP contribution in [0.2, 0.25) is 0 Å². The van der Waals surface area contributed by atoms with Crippen molar-refractivity contribution in [3.63, 3.8) is 0 Å². The van der Waals surface area contributed by atoms with E-state index < -0.39 is 29.2 Å². The van der Waals surface area contributed by atoms with Gasteiger partial charge in [0.25, 0.3) is 5.91 Å². The third-order valence-electron chi connectivity index (χ3n) is 4.98. The minimum atomic E-state index is -1.96. The van der Waals surface area contributed by atoms with Gasteiger partial charge in [-0.15, -0.1) is 11.3 Å². The number of aliphatic hydroxyl groups is 1. The Morgan fingerprint density at radius 2 is 2.16 bits per heavy atom. The Labute approximate surface area is 185 Å². The smallest absolute Gasteiger partial charge is 0.271 e. The highest BCUT2D eigenvalue weighted by atomic mass is 32.1. The summed E-state index contributed by atoms with van der Waals surface area (Å²) >= 11 is 1.27. The van der Waals surface area contributed by atoms with Gasteiger partial charge in [-0.05, 0) is 25.1 Å². The lowest BCUT2D eigenvalue weighted by Crippen LogP contribution is -2.52. The van der Waals surface area contributed by atoms with Gasteiger partial charge in [-0.3, -0.25) is 9.78 Å². The first-order chi connectivity index (χ1) is 15.4. The maximum absolute atomic E-state index is 14.6. The number of amides is 1. The number of pyridine rings is 1. The molecule has 0 saturated carbocycles. The summed E-state index contributed by atoms with van der Waals surface area (Å²) in [6.45, 7) is 1.29. The van der Waals surface area contributed by atoms with Crippen molar-refractivity contribution in [2.45, 2.75) is 25.1 Å². The molecule has 0 bridgehead atoms. The molecule has 0 aliphatic carbocycles. The summed E-state index contributed by atoms with van der Waals surface area (Å²) in [6.07, 6.45) is 5.88. The van der Waals surface area contributed by atoms with Crippen LogP contribution in [0.3, 0.4) is 0 Å². The predicted molar refractivity (Wildman–Crippen MR) is 113 cm³/mol. The Kier molecular flexibility index (Phi) is 6.01. The van der Waals surface area contributed by atoms with Gasteiger partial charge >= 0.3 is 0 Å². The Morgan fingerprint density at radius 1 is 1.31 bits per heavy atom. The van der Waals surface area contributed by atoms with Crippen molar-refractivity contribution in [1.82, 2.24) is 30.0 Å². The molecule has 2 unspecified atom stereocenters. The minimum Gasteiger partial charge on any atom is -0.381 e. The fourth-order valence-corrected chi connectivity index (χ4v) is 4.04. The summed E-state index contributed by atoms with van der Waals surface area (Å²) in [5.41, 5.74) is -1.23. The van der Waals surface area contributed by atoms with E-state index in [4.69, 9.17) is 0 Å². The molecule has 1 amide bonds. The summed E-state index contributed by atoms with van der Waals surface area (Å²) in [4.78, 5) is 25.0. The standard InChI is InChI=1S/C21H18F2N6O2S/c1-13(27-19(30)18-9-32-20(28-18)14-3-2-6-24-8-14)21(31,10-29-12-25-11-26-29)16-5-4-15(22)7-17(16)23/h2-9,11-13,31H,10H2,1H3,(H,27,30). The quantitative estimate of drug-likeness (QED) is 0.443. The first kappa shape index (κ1) is 21.7. The molecule has 4 aromatic rings. The predicted octanol–water partition coefficient (Wildman–Crippen LogP) is 2.78. The van der Waals surface area contributed by atoms with Gasteiger partial charge in [0.05, 0.1) is 12.6 Å². The molecular weight excluding hydrogens is 438 g/mol. The average molecular weight is 456 g/mol. The Balaban J connectivity index is 1.60. The molecule has 11 heteroatoms. The molecule has 4 rings (SSSR count). The highest BCUT2D eigenvalue weighted by Crippen LogP contribution is 2.30. The first-order valence-corrected chi connectivity index (χ1v) is 10.4. The van der Waals surface area contributed by atoms with Crippen molar-refractivity contribution < 1.29 is 18.7 Å². The number of hydrogen-bond acceptors (Lipinski definition) is 7. The van der Waals surface area contributed by atoms with Gasteiger partial charge in [0.15, 0.2) is 0 Å². The number of halogens is 2. The molecule has 8 nitrogen and oxygen atoms in total. The molecule has 0 aliphatic rings. The van der Waals surface area contributed by atoms with E-state index in [1.54, 1.807) is 23.8 Å². The first-order valence-electron chi connectivity index (χ1n) is 9.54. The van der Waals surface area contributed by atoms with Crippen molar-refractivity contribution in [3.8, 4) is 10.6 Å². The summed E-state index contributed by atoms with van der Waals surface area (Å²) in [5, 5.41) is 20.3. The number of carbonyl (C=O) groups is 1. The van der Waals surface area contributed by atoms with Crippen LogP contribution in [0.25, 0.3) is 10.6 Å². The van der Waals surface area contributed by atoms with Crippen LogP contribution in [0, 0.1) is 11.6 Å². The maximum atomic E-state index is 14.6. The van der Waals surface area contributed by atoms with E-state index in [1.165, 1.54) is 35.6 Å². The second-order valence-corrected chi connectivity index (χ2v) is 7.97. The number of nitrogens with one attached hydrogen (secondary N) is 1. The fourth-order valence-electron chi connectivity index (χ4n) is 3.25. The van der Waals surface area contributed by atoms with E-state index in [0.29, 0.717) is 11.1 Å². The topological polar surface area (TPSA) is 106 Å². The molecule has 32 heavy (non-hydrogen) atoms. The zero-order chi connectivity index (χ0) is 22.7. The van der Waals surface area contributed by atoms with Gasteiger partial charge < -0.3 is 10.4 Å². The van der Waals surface area contributed by atoms with Gasteiger partial charge in [-0.2, -0.15) is 5.10 Å². The second kappa shape index (κ2) is 8.89. The third kappa shape index (κ3) is 4.39. The van der Waals surface area contributed by atoms with Gasteiger partial charge in [0, 0.05) is 35.0 Å². The number of rotatable bonds is 7. The van der Waals surface area contributed by atoms with Crippen molar-refractivity contribution in [1.29, 1.82) is 0 Å². The van der Waals surface area contributed by atoms with Gasteiger partial charge in [-0.1, -0.05) is 6.07 Å². The lowest BCUT2D eigenvalue weighted by atomic mass is 9.86. The lowest BCUT2D eigenvalue weighted by Gasteiger charge is -2.35. The summed E-state index contributed by atoms with van der Waals surface area (Å²) in [5.74, 6) is -2.28. The van der Waals surface area contributed by atoms with Crippen LogP contribution >= 0.6 is 11.3 Å². The number of nitrogens with zero attached hydrogens (tertiary/aromatic N) is 5. The van der Waals surface area contributed by atoms with E-state index in [1.807, 2.05) is 6.07 Å². The van der Waals surface area contributed by atoms with Crippen LogP contribution in [-0.2, 0) is 12.1 Å². The maximum Gasteiger partial charge on any atom is 0.271 e. The highest BCUT2D eigenvalue weighted by Gasteiger charge is 2.40. The molecule has 0 radical (unpaired) electrons. The van der Waals surface area contributed by atoms with Crippen molar-refractivity contribution in [2.24, 2.45) is 0 Å². The SMILES string of the molecule is CC(NC(=O)c1csc(-c2cccnc2)n1)C(O)(Cn1cncn1)c1ccc(F)cc1F.